The molecule has 0 N–H and O–H groups in total. The molecule has 3 atom stereocenters. The summed E-state index contributed by atoms with van der Waals surface area (Å²) in [6.45, 7) is 9.38. The van der Waals surface area contributed by atoms with Crippen molar-refractivity contribution in [1.82, 2.24) is 4.31 Å². The molecule has 1 heterocycles. The van der Waals surface area contributed by atoms with Gasteiger partial charge in [-0.1, -0.05) is 68.3 Å². The van der Waals surface area contributed by atoms with Gasteiger partial charge in [0.15, 0.2) is 5.78 Å². The first-order valence-electron chi connectivity index (χ1n) is 8.74. The van der Waals surface area contributed by atoms with Crippen LogP contribution in [0.1, 0.15) is 43.5 Å². The predicted octanol–water partition coefficient (Wildman–Crippen LogP) is 4.03. The highest BCUT2D eigenvalue weighted by Gasteiger charge is 2.61. The molecule has 5 heteroatoms. The van der Waals surface area contributed by atoms with Crippen LogP contribution in [0.25, 0.3) is 0 Å². The van der Waals surface area contributed by atoms with E-state index < -0.39 is 27.5 Å². The molecule has 1 aliphatic rings. The second-order valence-electron chi connectivity index (χ2n) is 8.06. The standard InChI is InChI=1S/C21H25NO3S/c1-14-6-10-16(11-7-14)18-19(20(23)21(3,4)5)22(18)26(24,25)17-12-8-15(2)9-13-17/h6-13,18-19H,1-5H3/t18-,19+,22?/m0/s1. The van der Waals surface area contributed by atoms with Crippen molar-refractivity contribution in [2.45, 2.75) is 51.6 Å². The Morgan fingerprint density at radius 2 is 1.35 bits per heavy atom. The van der Waals surface area contributed by atoms with Gasteiger partial charge in [-0.15, -0.1) is 0 Å². The lowest BCUT2D eigenvalue weighted by Crippen LogP contribution is -2.29. The Bertz CT molecular complexity index is 923. The van der Waals surface area contributed by atoms with Crippen LogP contribution in [0.15, 0.2) is 53.4 Å². The molecule has 0 aromatic heterocycles. The largest absolute Gasteiger partial charge is 0.297 e. The molecule has 1 unspecified atom stereocenters. The van der Waals surface area contributed by atoms with Crippen LogP contribution in [0, 0.1) is 19.3 Å². The Hall–Kier alpha value is -1.98. The second kappa shape index (κ2) is 6.32. The van der Waals surface area contributed by atoms with Crippen molar-refractivity contribution < 1.29 is 13.2 Å². The summed E-state index contributed by atoms with van der Waals surface area (Å²) < 4.78 is 27.7. The maximum Gasteiger partial charge on any atom is 0.244 e. The molecule has 1 aliphatic heterocycles. The summed E-state index contributed by atoms with van der Waals surface area (Å²) >= 11 is 0. The van der Waals surface area contributed by atoms with Gasteiger partial charge < -0.3 is 0 Å². The van der Waals surface area contributed by atoms with Gasteiger partial charge in [0.25, 0.3) is 0 Å². The van der Waals surface area contributed by atoms with Crippen LogP contribution in [-0.4, -0.2) is 24.5 Å². The molecule has 0 bridgehead atoms. The van der Waals surface area contributed by atoms with Crippen molar-refractivity contribution in [2.24, 2.45) is 5.41 Å². The fourth-order valence-electron chi connectivity index (χ4n) is 3.14. The zero-order chi connectivity index (χ0) is 19.3. The molecule has 0 aliphatic carbocycles. The van der Waals surface area contributed by atoms with E-state index in [4.69, 9.17) is 0 Å². The Morgan fingerprint density at radius 3 is 1.81 bits per heavy atom. The van der Waals surface area contributed by atoms with Gasteiger partial charge in [0.05, 0.1) is 10.9 Å². The zero-order valence-electron chi connectivity index (χ0n) is 15.9. The number of hydrogen-bond acceptors (Lipinski definition) is 3. The number of carbonyl (C=O) groups excluding carboxylic acids is 1. The lowest BCUT2D eigenvalue weighted by Gasteiger charge is -2.16. The van der Waals surface area contributed by atoms with Gasteiger partial charge in [-0.2, -0.15) is 4.31 Å². The fraction of sp³-hybridized carbons (Fsp3) is 0.381. The SMILES string of the molecule is Cc1ccc([C@H]2[C@H](C(=O)C(C)(C)C)N2S(=O)(=O)c2ccc(C)cc2)cc1. The third-order valence-corrected chi connectivity index (χ3v) is 6.66. The van der Waals surface area contributed by atoms with Crippen molar-refractivity contribution in [1.29, 1.82) is 0 Å². The summed E-state index contributed by atoms with van der Waals surface area (Å²) in [5, 5.41) is 0. The van der Waals surface area contributed by atoms with E-state index in [9.17, 15) is 13.2 Å². The predicted molar refractivity (Wildman–Crippen MR) is 102 cm³/mol. The molecule has 0 amide bonds. The average molecular weight is 372 g/mol. The lowest BCUT2D eigenvalue weighted by molar-refractivity contribution is -0.126. The molecule has 0 saturated carbocycles. The van der Waals surface area contributed by atoms with E-state index in [0.29, 0.717) is 0 Å². The highest BCUT2D eigenvalue weighted by molar-refractivity contribution is 7.89. The minimum absolute atomic E-state index is 0.0567. The van der Waals surface area contributed by atoms with Crippen molar-refractivity contribution in [3.63, 3.8) is 0 Å². The third-order valence-electron chi connectivity index (χ3n) is 4.78. The third kappa shape index (κ3) is 3.33. The number of carbonyl (C=O) groups is 1. The van der Waals surface area contributed by atoms with E-state index in [1.807, 2.05) is 58.9 Å². The normalized spacial score (nSPS) is 22.9. The van der Waals surface area contributed by atoms with Crippen LogP contribution in [-0.2, 0) is 14.8 Å². The number of sulfonamides is 1. The maximum absolute atomic E-state index is 13.2. The summed E-state index contributed by atoms with van der Waals surface area (Å²) in [5.74, 6) is -0.0567. The van der Waals surface area contributed by atoms with E-state index in [2.05, 4.69) is 0 Å². The van der Waals surface area contributed by atoms with Crippen molar-refractivity contribution in [3.05, 3.63) is 65.2 Å². The summed E-state index contributed by atoms with van der Waals surface area (Å²) in [6, 6.07) is 13.4. The van der Waals surface area contributed by atoms with Crippen molar-refractivity contribution in [2.75, 3.05) is 0 Å². The zero-order valence-corrected chi connectivity index (χ0v) is 16.7. The topological polar surface area (TPSA) is 54.2 Å². The number of hydrogen-bond donors (Lipinski definition) is 0. The Labute approximate surface area is 155 Å². The van der Waals surface area contributed by atoms with Crippen LogP contribution in [0.3, 0.4) is 0 Å². The van der Waals surface area contributed by atoms with E-state index in [0.717, 1.165) is 16.7 Å². The van der Waals surface area contributed by atoms with Gasteiger partial charge in [0.2, 0.25) is 10.0 Å². The molecule has 2 aromatic carbocycles. The van der Waals surface area contributed by atoms with Gasteiger partial charge in [0.1, 0.15) is 6.04 Å². The van der Waals surface area contributed by atoms with E-state index >= 15 is 0 Å². The smallest absolute Gasteiger partial charge is 0.244 e. The van der Waals surface area contributed by atoms with E-state index in [1.165, 1.54) is 4.31 Å². The monoisotopic (exact) mass is 371 g/mol. The molecule has 1 fully saturated rings. The number of Topliss-reactive ketones (excluding diaryl/α,β-unsaturated/α-hetero) is 1. The molecule has 0 spiro atoms. The number of aryl methyl sites for hydroxylation is 2. The van der Waals surface area contributed by atoms with Gasteiger partial charge >= 0.3 is 0 Å². The second-order valence-corrected chi connectivity index (χ2v) is 9.91. The van der Waals surface area contributed by atoms with Gasteiger partial charge in [-0.05, 0) is 31.5 Å². The first-order valence-corrected chi connectivity index (χ1v) is 10.2. The summed E-state index contributed by atoms with van der Waals surface area (Å²) in [6.07, 6.45) is 0. The Balaban J connectivity index is 2.03. The van der Waals surface area contributed by atoms with Crippen LogP contribution in [0.4, 0.5) is 0 Å². The lowest BCUT2D eigenvalue weighted by atomic mass is 9.87. The Kier molecular flexibility index (Phi) is 4.57. The van der Waals surface area contributed by atoms with Gasteiger partial charge in [0, 0.05) is 5.41 Å². The quantitative estimate of drug-likeness (QED) is 0.763. The van der Waals surface area contributed by atoms with Gasteiger partial charge in [-0.3, -0.25) is 4.79 Å². The number of benzene rings is 2. The van der Waals surface area contributed by atoms with Crippen molar-refractivity contribution in [3.8, 4) is 0 Å². The molecule has 0 radical (unpaired) electrons. The molecule has 138 valence electrons. The molecule has 3 rings (SSSR count). The molecule has 2 aromatic rings. The fourth-order valence-corrected chi connectivity index (χ4v) is 4.85. The maximum atomic E-state index is 13.2. The summed E-state index contributed by atoms with van der Waals surface area (Å²) in [7, 11) is -3.73. The Morgan fingerprint density at radius 1 is 0.885 bits per heavy atom. The molecule has 4 nitrogen and oxygen atoms in total. The molecular formula is C21H25NO3S. The van der Waals surface area contributed by atoms with Crippen LogP contribution < -0.4 is 0 Å². The first kappa shape index (κ1) is 18.8. The van der Waals surface area contributed by atoms with E-state index in [1.54, 1.807) is 24.3 Å². The minimum Gasteiger partial charge on any atom is -0.297 e. The number of ketones is 1. The first-order chi connectivity index (χ1) is 12.0. The summed E-state index contributed by atoms with van der Waals surface area (Å²) in [4.78, 5) is 13.1. The highest BCUT2D eigenvalue weighted by atomic mass is 32.2. The van der Waals surface area contributed by atoms with Crippen LogP contribution in [0.5, 0.6) is 0 Å². The van der Waals surface area contributed by atoms with E-state index in [-0.39, 0.29) is 10.7 Å². The number of nitrogens with zero attached hydrogens (tertiary/aromatic N) is 1. The number of rotatable bonds is 4. The van der Waals surface area contributed by atoms with Crippen molar-refractivity contribution >= 4 is 15.8 Å². The van der Waals surface area contributed by atoms with Crippen LogP contribution in [0.2, 0.25) is 0 Å². The molecule has 1 saturated heterocycles. The molecule has 26 heavy (non-hydrogen) atoms. The highest BCUT2D eigenvalue weighted by Crippen LogP contribution is 2.50. The van der Waals surface area contributed by atoms with Crippen LogP contribution >= 0.6 is 0 Å². The average Bonchev–Trinajstić information content (AvgIpc) is 3.30. The minimum atomic E-state index is -3.73. The molecular weight excluding hydrogens is 346 g/mol. The van der Waals surface area contributed by atoms with Gasteiger partial charge in [-0.25, -0.2) is 8.42 Å². The summed E-state index contributed by atoms with van der Waals surface area (Å²) in [5.41, 5.74) is 2.34.